The standard InChI is InChI=1S/C9H8N2O3/c1-2-5-13-7-3-4-8-9(6-7)11(12)14-10-8/h2-4,6H,1,5H2. The molecule has 14 heavy (non-hydrogen) atoms. The molecule has 0 unspecified atom stereocenters. The quantitative estimate of drug-likeness (QED) is 0.538. The molecule has 5 nitrogen and oxygen atoms in total. The van der Waals surface area contributed by atoms with Crippen LogP contribution in [-0.4, -0.2) is 11.8 Å². The Bertz CT molecular complexity index is 464. The van der Waals surface area contributed by atoms with Gasteiger partial charge in [0, 0.05) is 11.2 Å². The van der Waals surface area contributed by atoms with Crippen LogP contribution in [0.25, 0.3) is 11.0 Å². The molecule has 0 amide bonds. The molecule has 0 saturated carbocycles. The fraction of sp³-hybridized carbons (Fsp3) is 0.111. The molecule has 5 heteroatoms. The Labute approximate surface area is 79.7 Å². The number of nitrogens with zero attached hydrogens (tertiary/aromatic N) is 2. The van der Waals surface area contributed by atoms with Crippen molar-refractivity contribution in [3.8, 4) is 5.75 Å². The van der Waals surface area contributed by atoms with E-state index < -0.39 is 0 Å². The van der Waals surface area contributed by atoms with E-state index in [9.17, 15) is 5.21 Å². The average molecular weight is 192 g/mol. The van der Waals surface area contributed by atoms with E-state index >= 15 is 0 Å². The Morgan fingerprint density at radius 1 is 1.64 bits per heavy atom. The van der Waals surface area contributed by atoms with E-state index in [2.05, 4.69) is 16.4 Å². The largest absolute Gasteiger partial charge is 0.489 e. The Morgan fingerprint density at radius 3 is 3.29 bits per heavy atom. The number of hydrogen-bond donors (Lipinski definition) is 0. The van der Waals surface area contributed by atoms with E-state index in [-0.39, 0.29) is 0 Å². The van der Waals surface area contributed by atoms with Crippen molar-refractivity contribution in [3.05, 3.63) is 36.1 Å². The van der Waals surface area contributed by atoms with Gasteiger partial charge in [-0.1, -0.05) is 12.7 Å². The first kappa shape index (κ1) is 8.55. The third-order valence-corrected chi connectivity index (χ3v) is 1.72. The van der Waals surface area contributed by atoms with E-state index in [0.29, 0.717) is 28.3 Å². The molecule has 0 radical (unpaired) electrons. The van der Waals surface area contributed by atoms with Crippen molar-refractivity contribution in [1.29, 1.82) is 0 Å². The average Bonchev–Trinajstić information content (AvgIpc) is 2.57. The zero-order chi connectivity index (χ0) is 9.97. The first-order valence-corrected chi connectivity index (χ1v) is 4.04. The molecule has 2 aromatic rings. The second kappa shape index (κ2) is 3.37. The van der Waals surface area contributed by atoms with E-state index in [0.717, 1.165) is 0 Å². The second-order valence-corrected chi connectivity index (χ2v) is 2.68. The maximum atomic E-state index is 11.0. The van der Waals surface area contributed by atoms with Crippen LogP contribution in [0.1, 0.15) is 0 Å². The smallest absolute Gasteiger partial charge is 0.248 e. The maximum absolute atomic E-state index is 11.0. The summed E-state index contributed by atoms with van der Waals surface area (Å²) in [6, 6.07) is 4.95. The monoisotopic (exact) mass is 192 g/mol. The highest BCUT2D eigenvalue weighted by atomic mass is 16.8. The third-order valence-electron chi connectivity index (χ3n) is 1.72. The van der Waals surface area contributed by atoms with Crippen LogP contribution in [0.4, 0.5) is 0 Å². The SMILES string of the molecule is C=CCOc1ccc2no[n+]([O-])c2c1. The minimum absolute atomic E-state index is 0.343. The van der Waals surface area contributed by atoms with Crippen LogP contribution in [0, 0.1) is 5.21 Å². The van der Waals surface area contributed by atoms with Crippen LogP contribution in [0.3, 0.4) is 0 Å². The summed E-state index contributed by atoms with van der Waals surface area (Å²) in [4.78, 5) is 0.343. The summed E-state index contributed by atoms with van der Waals surface area (Å²) in [5.74, 6) is 0.588. The van der Waals surface area contributed by atoms with Gasteiger partial charge in [0.05, 0.1) is 0 Å². The number of aromatic nitrogens is 2. The Kier molecular flexibility index (Phi) is 2.06. The van der Waals surface area contributed by atoms with Gasteiger partial charge < -0.3 is 9.94 Å². The lowest BCUT2D eigenvalue weighted by molar-refractivity contribution is -0.782. The molecule has 72 valence electrons. The van der Waals surface area contributed by atoms with E-state index in [1.165, 1.54) is 0 Å². The van der Waals surface area contributed by atoms with Gasteiger partial charge in [-0.3, -0.25) is 4.63 Å². The lowest BCUT2D eigenvalue weighted by Gasteiger charge is -2.00. The van der Waals surface area contributed by atoms with Crippen molar-refractivity contribution < 1.29 is 14.3 Å². The predicted molar refractivity (Wildman–Crippen MR) is 48.7 cm³/mol. The minimum atomic E-state index is 0.343. The van der Waals surface area contributed by atoms with Crippen LogP contribution in [0.2, 0.25) is 0 Å². The van der Waals surface area contributed by atoms with Crippen molar-refractivity contribution in [2.45, 2.75) is 0 Å². The molecule has 0 saturated heterocycles. The van der Waals surface area contributed by atoms with Crippen molar-refractivity contribution in [1.82, 2.24) is 5.16 Å². The summed E-state index contributed by atoms with van der Waals surface area (Å²) in [6.07, 6.45) is 1.63. The summed E-state index contributed by atoms with van der Waals surface area (Å²) < 4.78 is 9.66. The van der Waals surface area contributed by atoms with Gasteiger partial charge in [-0.2, -0.15) is 0 Å². The number of hydrogen-bond acceptors (Lipinski definition) is 4. The van der Waals surface area contributed by atoms with Crippen LogP contribution in [0.5, 0.6) is 5.75 Å². The molecule has 0 fully saturated rings. The summed E-state index contributed by atoms with van der Waals surface area (Å²) in [6.45, 7) is 3.92. The highest BCUT2D eigenvalue weighted by Crippen LogP contribution is 2.16. The normalized spacial score (nSPS) is 10.3. The molecule has 0 aliphatic heterocycles. The highest BCUT2D eigenvalue weighted by Gasteiger charge is 2.09. The van der Waals surface area contributed by atoms with Crippen LogP contribution < -0.4 is 9.64 Å². The van der Waals surface area contributed by atoms with Crippen LogP contribution in [0.15, 0.2) is 35.5 Å². The van der Waals surface area contributed by atoms with Gasteiger partial charge in [0.2, 0.25) is 11.0 Å². The fourth-order valence-corrected chi connectivity index (χ4v) is 1.10. The molecule has 1 aromatic carbocycles. The number of rotatable bonds is 3. The van der Waals surface area contributed by atoms with Gasteiger partial charge in [-0.25, -0.2) is 0 Å². The molecular weight excluding hydrogens is 184 g/mol. The molecule has 0 bridgehead atoms. The van der Waals surface area contributed by atoms with Crippen molar-refractivity contribution in [2.24, 2.45) is 0 Å². The third kappa shape index (κ3) is 1.39. The Morgan fingerprint density at radius 2 is 2.50 bits per heavy atom. The molecule has 0 N–H and O–H groups in total. The van der Waals surface area contributed by atoms with Crippen molar-refractivity contribution in [3.63, 3.8) is 0 Å². The predicted octanol–water partition coefficient (Wildman–Crippen LogP) is 1.03. The van der Waals surface area contributed by atoms with E-state index in [1.54, 1.807) is 24.3 Å². The highest BCUT2D eigenvalue weighted by molar-refractivity contribution is 5.71. The molecule has 1 aromatic heterocycles. The first-order chi connectivity index (χ1) is 6.81. The molecular formula is C9H8N2O3. The second-order valence-electron chi connectivity index (χ2n) is 2.68. The first-order valence-electron chi connectivity index (χ1n) is 4.04. The summed E-state index contributed by atoms with van der Waals surface area (Å²) in [5, 5.41) is 14.6. The molecule has 2 rings (SSSR count). The van der Waals surface area contributed by atoms with E-state index in [1.807, 2.05) is 0 Å². The lowest BCUT2D eigenvalue weighted by Crippen LogP contribution is -2.22. The number of ether oxygens (including phenoxy) is 1. The number of benzene rings is 1. The Hall–Kier alpha value is -2.04. The molecule has 0 spiro atoms. The summed E-state index contributed by atoms with van der Waals surface area (Å²) >= 11 is 0. The zero-order valence-corrected chi connectivity index (χ0v) is 7.34. The molecule has 0 aliphatic rings. The van der Waals surface area contributed by atoms with Gasteiger partial charge in [-0.05, 0) is 17.0 Å². The molecule has 1 heterocycles. The van der Waals surface area contributed by atoms with Crippen LogP contribution in [-0.2, 0) is 0 Å². The van der Waals surface area contributed by atoms with Crippen molar-refractivity contribution in [2.75, 3.05) is 6.61 Å². The van der Waals surface area contributed by atoms with Gasteiger partial charge in [0.25, 0.3) is 0 Å². The van der Waals surface area contributed by atoms with Crippen LogP contribution >= 0.6 is 0 Å². The van der Waals surface area contributed by atoms with Gasteiger partial charge in [0.15, 0.2) is 0 Å². The van der Waals surface area contributed by atoms with Crippen molar-refractivity contribution >= 4 is 11.0 Å². The maximum Gasteiger partial charge on any atom is 0.248 e. The summed E-state index contributed by atoms with van der Waals surface area (Å²) in [5.41, 5.74) is 0.859. The van der Waals surface area contributed by atoms with Gasteiger partial charge in [0.1, 0.15) is 12.4 Å². The lowest BCUT2D eigenvalue weighted by atomic mass is 10.3. The van der Waals surface area contributed by atoms with E-state index in [4.69, 9.17) is 4.74 Å². The Balaban J connectivity index is 2.39. The van der Waals surface area contributed by atoms with Gasteiger partial charge >= 0.3 is 0 Å². The topological polar surface area (TPSA) is 62.2 Å². The zero-order valence-electron chi connectivity index (χ0n) is 7.34. The van der Waals surface area contributed by atoms with Gasteiger partial charge in [-0.15, -0.1) is 0 Å². The molecule has 0 aliphatic carbocycles. The fourth-order valence-electron chi connectivity index (χ4n) is 1.10. The number of fused-ring (bicyclic) bond motifs is 1. The molecule has 0 atom stereocenters. The minimum Gasteiger partial charge on any atom is -0.489 e. The summed E-state index contributed by atoms with van der Waals surface area (Å²) in [7, 11) is 0.